The summed E-state index contributed by atoms with van der Waals surface area (Å²) in [6.45, 7) is 7.43. The minimum Gasteiger partial charge on any atom is -0.309 e. The molecule has 0 radical (unpaired) electrons. The first-order valence-corrected chi connectivity index (χ1v) is 7.34. The van der Waals surface area contributed by atoms with E-state index in [-0.39, 0.29) is 0 Å². The van der Waals surface area contributed by atoms with Crippen LogP contribution in [0, 0.1) is 13.8 Å². The molecule has 1 aromatic carbocycles. The van der Waals surface area contributed by atoms with E-state index in [0.717, 1.165) is 25.1 Å². The highest BCUT2D eigenvalue weighted by molar-refractivity contribution is 5.29. The molecule has 0 aliphatic carbocycles. The van der Waals surface area contributed by atoms with Gasteiger partial charge in [0.2, 0.25) is 0 Å². The van der Waals surface area contributed by atoms with Gasteiger partial charge in [-0.25, -0.2) is 0 Å². The number of hydrogen-bond acceptors (Lipinski definition) is 2. The Labute approximate surface area is 122 Å². The maximum absolute atomic E-state index is 4.33. The number of benzene rings is 1. The van der Waals surface area contributed by atoms with Gasteiger partial charge in [-0.1, -0.05) is 24.3 Å². The van der Waals surface area contributed by atoms with Crippen LogP contribution in [0.2, 0.25) is 0 Å². The fraction of sp³-hybridized carbons (Fsp3) is 0.389. The predicted octanol–water partition coefficient (Wildman–Crippen LogP) is 3.81. The predicted molar refractivity (Wildman–Crippen MR) is 84.8 cm³/mol. The van der Waals surface area contributed by atoms with Crippen LogP contribution in [0.5, 0.6) is 0 Å². The summed E-state index contributed by atoms with van der Waals surface area (Å²) in [4.78, 5) is 4.33. The van der Waals surface area contributed by atoms with Crippen molar-refractivity contribution in [2.45, 2.75) is 46.2 Å². The van der Waals surface area contributed by atoms with Crippen LogP contribution in [0.4, 0.5) is 0 Å². The lowest BCUT2D eigenvalue weighted by Crippen LogP contribution is -2.26. The van der Waals surface area contributed by atoms with Crippen molar-refractivity contribution >= 4 is 0 Å². The van der Waals surface area contributed by atoms with E-state index < -0.39 is 0 Å². The lowest BCUT2D eigenvalue weighted by molar-refractivity contribution is 0.510. The van der Waals surface area contributed by atoms with Crippen molar-refractivity contribution < 1.29 is 0 Å². The van der Waals surface area contributed by atoms with Crippen molar-refractivity contribution in [3.05, 3.63) is 65.0 Å². The van der Waals surface area contributed by atoms with Crippen molar-refractivity contribution in [2.24, 2.45) is 0 Å². The first kappa shape index (κ1) is 14.7. The Hall–Kier alpha value is -1.67. The highest BCUT2D eigenvalue weighted by Gasteiger charge is 2.03. The van der Waals surface area contributed by atoms with Gasteiger partial charge >= 0.3 is 0 Å². The van der Waals surface area contributed by atoms with Gasteiger partial charge in [0.25, 0.3) is 0 Å². The van der Waals surface area contributed by atoms with Crippen LogP contribution < -0.4 is 5.32 Å². The first-order chi connectivity index (χ1) is 9.65. The molecule has 2 aromatic rings. The standard InChI is InChI=1S/C18H24N2/c1-14-7-9-17(12-15(14)2)10-8-16(3)20-13-18-6-4-5-11-19-18/h4-7,9,11-12,16,20H,8,10,13H2,1-3H3. The fourth-order valence-corrected chi connectivity index (χ4v) is 2.23. The number of rotatable bonds is 6. The lowest BCUT2D eigenvalue weighted by atomic mass is 10.0. The summed E-state index contributed by atoms with van der Waals surface area (Å²) in [6, 6.07) is 13.3. The Morgan fingerprint density at radius 3 is 2.65 bits per heavy atom. The average Bonchev–Trinajstić information content (AvgIpc) is 2.47. The highest BCUT2D eigenvalue weighted by atomic mass is 14.9. The van der Waals surface area contributed by atoms with Gasteiger partial charge in [0.15, 0.2) is 0 Å². The monoisotopic (exact) mass is 268 g/mol. The van der Waals surface area contributed by atoms with Crippen LogP contribution >= 0.6 is 0 Å². The zero-order chi connectivity index (χ0) is 14.4. The Balaban J connectivity index is 1.77. The van der Waals surface area contributed by atoms with Crippen LogP contribution in [0.25, 0.3) is 0 Å². The minimum atomic E-state index is 0.499. The van der Waals surface area contributed by atoms with Crippen LogP contribution in [0.15, 0.2) is 42.6 Å². The van der Waals surface area contributed by atoms with Crippen molar-refractivity contribution in [1.29, 1.82) is 0 Å². The van der Waals surface area contributed by atoms with Gasteiger partial charge in [-0.15, -0.1) is 0 Å². The van der Waals surface area contributed by atoms with E-state index in [4.69, 9.17) is 0 Å². The van der Waals surface area contributed by atoms with E-state index in [1.165, 1.54) is 16.7 Å². The molecular formula is C18H24N2. The van der Waals surface area contributed by atoms with Crippen molar-refractivity contribution in [1.82, 2.24) is 10.3 Å². The van der Waals surface area contributed by atoms with E-state index in [9.17, 15) is 0 Å². The molecule has 0 saturated carbocycles. The molecule has 1 heterocycles. The van der Waals surface area contributed by atoms with Gasteiger partial charge < -0.3 is 5.32 Å². The number of hydrogen-bond donors (Lipinski definition) is 1. The molecule has 1 unspecified atom stereocenters. The second-order valence-corrected chi connectivity index (χ2v) is 5.56. The van der Waals surface area contributed by atoms with Gasteiger partial charge in [-0.2, -0.15) is 0 Å². The van der Waals surface area contributed by atoms with Crippen LogP contribution in [0.3, 0.4) is 0 Å². The molecule has 106 valence electrons. The number of pyridine rings is 1. The van der Waals surface area contributed by atoms with Crippen LogP contribution in [0.1, 0.15) is 35.7 Å². The maximum Gasteiger partial charge on any atom is 0.0541 e. The Morgan fingerprint density at radius 2 is 1.95 bits per heavy atom. The molecule has 0 saturated heterocycles. The zero-order valence-electron chi connectivity index (χ0n) is 12.7. The number of aryl methyl sites for hydroxylation is 3. The molecule has 1 N–H and O–H groups in total. The van der Waals surface area contributed by atoms with Crippen LogP contribution in [-0.4, -0.2) is 11.0 Å². The van der Waals surface area contributed by atoms with Gasteiger partial charge in [0.1, 0.15) is 0 Å². The maximum atomic E-state index is 4.33. The van der Waals surface area contributed by atoms with E-state index in [1.807, 2.05) is 18.3 Å². The molecule has 0 amide bonds. The second-order valence-electron chi connectivity index (χ2n) is 5.56. The molecule has 0 spiro atoms. The molecular weight excluding hydrogens is 244 g/mol. The summed E-state index contributed by atoms with van der Waals surface area (Å²) < 4.78 is 0. The van der Waals surface area contributed by atoms with Crippen LogP contribution in [-0.2, 0) is 13.0 Å². The summed E-state index contributed by atoms with van der Waals surface area (Å²) >= 11 is 0. The van der Waals surface area contributed by atoms with E-state index in [0.29, 0.717) is 6.04 Å². The van der Waals surface area contributed by atoms with Crippen molar-refractivity contribution in [3.63, 3.8) is 0 Å². The van der Waals surface area contributed by atoms with Crippen molar-refractivity contribution in [3.8, 4) is 0 Å². The van der Waals surface area contributed by atoms with Gasteiger partial charge in [-0.3, -0.25) is 4.98 Å². The molecule has 0 bridgehead atoms. The summed E-state index contributed by atoms with van der Waals surface area (Å²) in [5, 5.41) is 3.53. The van der Waals surface area contributed by atoms with Gasteiger partial charge in [0.05, 0.1) is 5.69 Å². The van der Waals surface area contributed by atoms with Gasteiger partial charge in [0, 0.05) is 18.8 Å². The zero-order valence-corrected chi connectivity index (χ0v) is 12.7. The van der Waals surface area contributed by atoms with E-state index in [1.54, 1.807) is 0 Å². The van der Waals surface area contributed by atoms with E-state index >= 15 is 0 Å². The molecule has 0 aliphatic heterocycles. The Kier molecular flexibility index (Phi) is 5.31. The summed E-state index contributed by atoms with van der Waals surface area (Å²) in [5.74, 6) is 0. The third kappa shape index (κ3) is 4.46. The van der Waals surface area contributed by atoms with Crippen molar-refractivity contribution in [2.75, 3.05) is 0 Å². The molecule has 0 aliphatic rings. The fourth-order valence-electron chi connectivity index (χ4n) is 2.23. The molecule has 1 aromatic heterocycles. The normalized spacial score (nSPS) is 12.3. The second kappa shape index (κ2) is 7.20. The van der Waals surface area contributed by atoms with E-state index in [2.05, 4.69) is 55.3 Å². The smallest absolute Gasteiger partial charge is 0.0541 e. The summed E-state index contributed by atoms with van der Waals surface area (Å²) in [6.07, 6.45) is 4.11. The molecule has 2 heteroatoms. The number of nitrogens with one attached hydrogen (secondary N) is 1. The SMILES string of the molecule is Cc1ccc(CCC(C)NCc2ccccn2)cc1C. The third-order valence-electron chi connectivity index (χ3n) is 3.80. The highest BCUT2D eigenvalue weighted by Crippen LogP contribution is 2.12. The molecule has 2 nitrogen and oxygen atoms in total. The quantitative estimate of drug-likeness (QED) is 0.861. The molecule has 0 fully saturated rings. The summed E-state index contributed by atoms with van der Waals surface area (Å²) in [7, 11) is 0. The minimum absolute atomic E-state index is 0.499. The average molecular weight is 268 g/mol. The lowest BCUT2D eigenvalue weighted by Gasteiger charge is -2.14. The first-order valence-electron chi connectivity index (χ1n) is 7.34. The molecule has 20 heavy (non-hydrogen) atoms. The number of aromatic nitrogens is 1. The van der Waals surface area contributed by atoms with Gasteiger partial charge in [-0.05, 0) is 62.4 Å². The molecule has 2 rings (SSSR count). The topological polar surface area (TPSA) is 24.9 Å². The number of nitrogens with zero attached hydrogens (tertiary/aromatic N) is 1. The largest absolute Gasteiger partial charge is 0.309 e. The third-order valence-corrected chi connectivity index (χ3v) is 3.80. The summed E-state index contributed by atoms with van der Waals surface area (Å²) in [5.41, 5.74) is 5.29. The Bertz CT molecular complexity index is 534. The molecule has 1 atom stereocenters. The Morgan fingerprint density at radius 1 is 1.10 bits per heavy atom.